The fourth-order valence-electron chi connectivity index (χ4n) is 4.61. The van der Waals surface area contributed by atoms with E-state index in [1.807, 2.05) is 54.7 Å². The lowest BCUT2D eigenvalue weighted by Crippen LogP contribution is -2.27. The summed E-state index contributed by atoms with van der Waals surface area (Å²) in [5, 5.41) is 0.984. The van der Waals surface area contributed by atoms with Crippen molar-refractivity contribution in [3.05, 3.63) is 107 Å². The monoisotopic (exact) mass is 493 g/mol. The number of ether oxygens (including phenoxy) is 2. The van der Waals surface area contributed by atoms with Crippen LogP contribution in [0.15, 0.2) is 84.6 Å². The number of hydrogen-bond donors (Lipinski definition) is 1. The molecular weight excluding hydrogens is 466 g/mol. The minimum absolute atomic E-state index is 0.198. The van der Waals surface area contributed by atoms with Crippen LogP contribution in [0.1, 0.15) is 47.8 Å². The Hall–Kier alpha value is -4.45. The highest BCUT2D eigenvalue weighted by Gasteiger charge is 2.33. The van der Waals surface area contributed by atoms with E-state index < -0.39 is 23.1 Å². The molecule has 1 aromatic heterocycles. The maximum absolute atomic E-state index is 13.4. The highest BCUT2D eigenvalue weighted by molar-refractivity contribution is 6.53. The van der Waals surface area contributed by atoms with Gasteiger partial charge >= 0.3 is 5.97 Å². The zero-order valence-corrected chi connectivity index (χ0v) is 21.0. The van der Waals surface area contributed by atoms with E-state index in [0.717, 1.165) is 33.2 Å². The van der Waals surface area contributed by atoms with Crippen molar-refractivity contribution in [3.8, 4) is 5.75 Å². The molecule has 5 rings (SSSR count). The van der Waals surface area contributed by atoms with Crippen molar-refractivity contribution in [2.45, 2.75) is 32.8 Å². The summed E-state index contributed by atoms with van der Waals surface area (Å²) in [6, 6.07) is 22.3. The molecule has 0 saturated carbocycles. The summed E-state index contributed by atoms with van der Waals surface area (Å²) in [6.07, 6.45) is 2.17. The van der Waals surface area contributed by atoms with Crippen molar-refractivity contribution in [1.82, 2.24) is 4.98 Å². The second-order valence-corrected chi connectivity index (χ2v) is 10.0. The molecule has 1 heterocycles. The van der Waals surface area contributed by atoms with Crippen molar-refractivity contribution in [2.75, 3.05) is 6.61 Å². The first-order chi connectivity index (χ1) is 17.7. The Morgan fingerprint density at radius 2 is 1.49 bits per heavy atom. The number of carbonyl (C=O) groups excluding carboxylic acids is 3. The molecule has 6 nitrogen and oxygen atoms in total. The fourth-order valence-corrected chi connectivity index (χ4v) is 4.61. The van der Waals surface area contributed by atoms with E-state index in [9.17, 15) is 14.4 Å². The molecule has 0 aliphatic heterocycles. The number of ketones is 2. The van der Waals surface area contributed by atoms with Crippen molar-refractivity contribution in [3.63, 3.8) is 0 Å². The first-order valence-electron chi connectivity index (χ1n) is 12.1. The normalized spacial score (nSPS) is 13.6. The molecule has 37 heavy (non-hydrogen) atoms. The standard InChI is InChI=1S/C31H27NO5/c1-31(2,3)37-27(33)18-36-20-14-12-19(13-15-20)16-24-28(25-17-32-26-11-7-6-8-21(25)26)22-9-4-5-10-23(22)29(34)30(24)35/h4-15,17,32H,16,18H2,1-3H3. The van der Waals surface area contributed by atoms with E-state index in [1.54, 1.807) is 45.0 Å². The zero-order chi connectivity index (χ0) is 26.2. The molecule has 0 atom stereocenters. The van der Waals surface area contributed by atoms with Gasteiger partial charge in [-0.2, -0.15) is 0 Å². The molecular formula is C31H27NO5. The average molecular weight is 494 g/mol. The van der Waals surface area contributed by atoms with E-state index in [0.29, 0.717) is 16.9 Å². The van der Waals surface area contributed by atoms with Gasteiger partial charge in [-0.25, -0.2) is 4.79 Å². The Bertz CT molecular complexity index is 1550. The summed E-state index contributed by atoms with van der Waals surface area (Å²) in [7, 11) is 0. The average Bonchev–Trinajstić information content (AvgIpc) is 3.30. The topological polar surface area (TPSA) is 85.5 Å². The van der Waals surface area contributed by atoms with Crippen molar-refractivity contribution in [1.29, 1.82) is 0 Å². The Balaban J connectivity index is 1.49. The molecule has 0 fully saturated rings. The van der Waals surface area contributed by atoms with Gasteiger partial charge in [0.05, 0.1) is 0 Å². The molecule has 0 spiro atoms. The third kappa shape index (κ3) is 4.96. The van der Waals surface area contributed by atoms with Crippen LogP contribution >= 0.6 is 0 Å². The molecule has 0 unspecified atom stereocenters. The van der Waals surface area contributed by atoms with E-state index in [2.05, 4.69) is 4.98 Å². The predicted molar refractivity (Wildman–Crippen MR) is 142 cm³/mol. The number of esters is 1. The van der Waals surface area contributed by atoms with Crippen LogP contribution in [0.3, 0.4) is 0 Å². The Morgan fingerprint density at radius 3 is 2.22 bits per heavy atom. The molecule has 4 aromatic rings. The minimum Gasteiger partial charge on any atom is -0.482 e. The summed E-state index contributed by atoms with van der Waals surface area (Å²) >= 11 is 0. The van der Waals surface area contributed by atoms with Gasteiger partial charge in [-0.15, -0.1) is 0 Å². The predicted octanol–water partition coefficient (Wildman–Crippen LogP) is 5.70. The van der Waals surface area contributed by atoms with Gasteiger partial charge in [0.15, 0.2) is 6.61 Å². The summed E-state index contributed by atoms with van der Waals surface area (Å²) in [6.45, 7) is 5.20. The van der Waals surface area contributed by atoms with Gasteiger partial charge in [0, 0.05) is 40.2 Å². The van der Waals surface area contributed by atoms with Gasteiger partial charge in [-0.1, -0.05) is 54.6 Å². The largest absolute Gasteiger partial charge is 0.482 e. The highest BCUT2D eigenvalue weighted by atomic mass is 16.6. The lowest BCUT2D eigenvalue weighted by atomic mass is 9.79. The number of nitrogens with one attached hydrogen (secondary N) is 1. The van der Waals surface area contributed by atoms with Crippen molar-refractivity contribution in [2.24, 2.45) is 0 Å². The molecule has 3 aromatic carbocycles. The number of benzene rings is 3. The number of rotatable bonds is 6. The molecule has 1 aliphatic rings. The Labute approximate surface area is 214 Å². The maximum Gasteiger partial charge on any atom is 0.344 e. The van der Waals surface area contributed by atoms with Crippen LogP contribution < -0.4 is 4.74 Å². The van der Waals surface area contributed by atoms with E-state index in [-0.39, 0.29) is 13.0 Å². The summed E-state index contributed by atoms with van der Waals surface area (Å²) in [4.78, 5) is 41.7. The lowest BCUT2D eigenvalue weighted by molar-refractivity contribution is -0.157. The van der Waals surface area contributed by atoms with Crippen LogP contribution in [0.25, 0.3) is 16.5 Å². The van der Waals surface area contributed by atoms with Crippen LogP contribution in [-0.2, 0) is 20.7 Å². The molecule has 0 amide bonds. The summed E-state index contributed by atoms with van der Waals surface area (Å²) < 4.78 is 10.8. The van der Waals surface area contributed by atoms with Crippen LogP contribution in [-0.4, -0.2) is 34.7 Å². The number of hydrogen-bond acceptors (Lipinski definition) is 5. The van der Waals surface area contributed by atoms with Crippen LogP contribution in [0.4, 0.5) is 0 Å². The molecule has 1 N–H and O–H groups in total. The van der Waals surface area contributed by atoms with E-state index in [1.165, 1.54) is 0 Å². The van der Waals surface area contributed by atoms with Gasteiger partial charge in [0.2, 0.25) is 11.6 Å². The van der Waals surface area contributed by atoms with Gasteiger partial charge in [0.25, 0.3) is 0 Å². The molecule has 186 valence electrons. The first-order valence-corrected chi connectivity index (χ1v) is 12.1. The van der Waals surface area contributed by atoms with Crippen LogP contribution in [0, 0.1) is 0 Å². The number of para-hydroxylation sites is 1. The van der Waals surface area contributed by atoms with E-state index >= 15 is 0 Å². The van der Waals surface area contributed by atoms with Crippen LogP contribution in [0.2, 0.25) is 0 Å². The number of allylic oxidation sites excluding steroid dienone is 1. The Kier molecular flexibility index (Phi) is 6.25. The lowest BCUT2D eigenvalue weighted by Gasteiger charge is -2.22. The number of aromatic nitrogens is 1. The molecule has 0 bridgehead atoms. The highest BCUT2D eigenvalue weighted by Crippen LogP contribution is 2.39. The van der Waals surface area contributed by atoms with Gasteiger partial charge in [-0.05, 0) is 55.7 Å². The van der Waals surface area contributed by atoms with Crippen molar-refractivity contribution >= 4 is 34.0 Å². The van der Waals surface area contributed by atoms with Gasteiger partial charge in [0.1, 0.15) is 11.4 Å². The number of Topliss-reactive ketones (excluding diaryl/α,β-unsaturated/α-hetero) is 2. The summed E-state index contributed by atoms with van der Waals surface area (Å²) in [5.41, 5.74) is 4.50. The number of fused-ring (bicyclic) bond motifs is 2. The number of aromatic amines is 1. The second-order valence-electron chi connectivity index (χ2n) is 10.0. The van der Waals surface area contributed by atoms with Gasteiger partial charge < -0.3 is 14.5 Å². The maximum atomic E-state index is 13.4. The SMILES string of the molecule is CC(C)(C)OC(=O)COc1ccc(CC2=C(c3c[nH]c4ccccc34)c3ccccc3C(=O)C2=O)cc1. The zero-order valence-electron chi connectivity index (χ0n) is 21.0. The third-order valence-corrected chi connectivity index (χ3v) is 6.16. The molecule has 0 saturated heterocycles. The smallest absolute Gasteiger partial charge is 0.344 e. The minimum atomic E-state index is -0.580. The fraction of sp³-hybridized carbons (Fsp3) is 0.194. The third-order valence-electron chi connectivity index (χ3n) is 6.16. The van der Waals surface area contributed by atoms with Crippen molar-refractivity contribution < 1.29 is 23.9 Å². The van der Waals surface area contributed by atoms with E-state index in [4.69, 9.17) is 9.47 Å². The quantitative estimate of drug-likeness (QED) is 0.275. The molecule has 0 radical (unpaired) electrons. The Morgan fingerprint density at radius 1 is 0.811 bits per heavy atom. The van der Waals surface area contributed by atoms with Crippen LogP contribution in [0.5, 0.6) is 5.75 Å². The van der Waals surface area contributed by atoms with Gasteiger partial charge in [-0.3, -0.25) is 9.59 Å². The summed E-state index contributed by atoms with van der Waals surface area (Å²) in [5.74, 6) is -0.928. The molecule has 1 aliphatic carbocycles. The second kappa shape index (κ2) is 9.54. The first kappa shape index (κ1) is 24.3. The molecule has 6 heteroatoms. The number of H-pyrrole nitrogens is 1. The number of carbonyl (C=O) groups is 3.